The molecule has 0 rings (SSSR count). The van der Waals surface area contributed by atoms with Gasteiger partial charge in [0, 0.05) is 6.42 Å². The number of ether oxygens (including phenoxy) is 1. The van der Waals surface area contributed by atoms with Crippen LogP contribution in [-0.4, -0.2) is 30.5 Å². The fraction of sp³-hybridized carbons (Fsp3) is 0.875. The zero-order valence-corrected chi connectivity index (χ0v) is 8.41. The third-order valence-corrected chi connectivity index (χ3v) is 2.13. The molecule has 0 saturated heterocycles. The van der Waals surface area contributed by atoms with Crippen molar-refractivity contribution in [2.24, 2.45) is 0 Å². The van der Waals surface area contributed by atoms with Gasteiger partial charge in [-0.05, 0) is 12.2 Å². The van der Waals surface area contributed by atoms with E-state index in [1.807, 2.05) is 6.92 Å². The Balaban J connectivity index is 3.17. The van der Waals surface area contributed by atoms with E-state index in [-0.39, 0.29) is 18.1 Å². The van der Waals surface area contributed by atoms with Crippen molar-refractivity contribution in [2.45, 2.75) is 26.2 Å². The smallest absolute Gasteiger partial charge is 0.315 e. The minimum absolute atomic E-state index is 0.161. The van der Waals surface area contributed by atoms with Crippen molar-refractivity contribution in [3.05, 3.63) is 0 Å². The van der Waals surface area contributed by atoms with E-state index in [4.69, 9.17) is 4.74 Å². The molecule has 0 aliphatic rings. The SMILES string of the molecule is CCCOC(=O)CSCCC(F)F. The summed E-state index contributed by atoms with van der Waals surface area (Å²) >= 11 is 1.19. The Morgan fingerprint density at radius 3 is 2.77 bits per heavy atom. The molecule has 13 heavy (non-hydrogen) atoms. The molecule has 2 nitrogen and oxygen atoms in total. The Labute approximate surface area is 81.0 Å². The molecule has 0 N–H and O–H groups in total. The van der Waals surface area contributed by atoms with Crippen LogP contribution in [0.2, 0.25) is 0 Å². The first-order valence-electron chi connectivity index (χ1n) is 4.18. The van der Waals surface area contributed by atoms with Crippen LogP contribution >= 0.6 is 11.8 Å². The van der Waals surface area contributed by atoms with Gasteiger partial charge in [-0.3, -0.25) is 4.79 Å². The average Bonchev–Trinajstić information content (AvgIpc) is 2.08. The number of rotatable bonds is 7. The second kappa shape index (κ2) is 8.29. The van der Waals surface area contributed by atoms with Crippen LogP contribution < -0.4 is 0 Å². The van der Waals surface area contributed by atoms with Crippen LogP contribution in [0.5, 0.6) is 0 Å². The van der Waals surface area contributed by atoms with Crippen LogP contribution in [0.15, 0.2) is 0 Å². The molecule has 0 spiro atoms. The highest BCUT2D eigenvalue weighted by atomic mass is 32.2. The fourth-order valence-electron chi connectivity index (χ4n) is 0.585. The standard InChI is InChI=1S/C8H14F2O2S/c1-2-4-12-8(11)6-13-5-3-7(9)10/h7H,2-6H2,1H3. The lowest BCUT2D eigenvalue weighted by molar-refractivity contribution is -0.140. The third kappa shape index (κ3) is 9.60. The predicted molar refractivity (Wildman–Crippen MR) is 49.2 cm³/mol. The van der Waals surface area contributed by atoms with Gasteiger partial charge in [-0.15, -0.1) is 11.8 Å². The summed E-state index contributed by atoms with van der Waals surface area (Å²) in [7, 11) is 0. The minimum atomic E-state index is -2.28. The maximum Gasteiger partial charge on any atom is 0.315 e. The molecule has 0 aromatic carbocycles. The topological polar surface area (TPSA) is 26.3 Å². The van der Waals surface area contributed by atoms with Crippen molar-refractivity contribution in [1.82, 2.24) is 0 Å². The van der Waals surface area contributed by atoms with Crippen molar-refractivity contribution in [2.75, 3.05) is 18.1 Å². The van der Waals surface area contributed by atoms with Crippen molar-refractivity contribution in [1.29, 1.82) is 0 Å². The zero-order chi connectivity index (χ0) is 10.1. The average molecular weight is 212 g/mol. The summed E-state index contributed by atoms with van der Waals surface area (Å²) in [5, 5.41) is 0. The summed E-state index contributed by atoms with van der Waals surface area (Å²) in [6, 6.07) is 0. The van der Waals surface area contributed by atoms with E-state index < -0.39 is 6.43 Å². The second-order valence-electron chi connectivity index (χ2n) is 2.45. The molecule has 78 valence electrons. The Kier molecular flexibility index (Phi) is 8.08. The van der Waals surface area contributed by atoms with Gasteiger partial charge < -0.3 is 4.74 Å². The Morgan fingerprint density at radius 2 is 2.23 bits per heavy atom. The quantitative estimate of drug-likeness (QED) is 0.478. The van der Waals surface area contributed by atoms with Gasteiger partial charge >= 0.3 is 5.97 Å². The normalized spacial score (nSPS) is 10.5. The first-order chi connectivity index (χ1) is 6.16. The Morgan fingerprint density at radius 1 is 1.54 bits per heavy atom. The van der Waals surface area contributed by atoms with Gasteiger partial charge in [0.05, 0.1) is 12.4 Å². The van der Waals surface area contributed by atoms with Gasteiger partial charge in [0.2, 0.25) is 6.43 Å². The number of carbonyl (C=O) groups excluding carboxylic acids is 1. The maximum absolute atomic E-state index is 11.6. The van der Waals surface area contributed by atoms with E-state index in [1.165, 1.54) is 11.8 Å². The van der Waals surface area contributed by atoms with Crippen LogP contribution in [0.25, 0.3) is 0 Å². The summed E-state index contributed by atoms with van der Waals surface area (Å²) < 4.78 is 28.0. The van der Waals surface area contributed by atoms with Crippen molar-refractivity contribution >= 4 is 17.7 Å². The molecule has 0 fully saturated rings. The first-order valence-corrected chi connectivity index (χ1v) is 5.33. The van der Waals surface area contributed by atoms with E-state index in [1.54, 1.807) is 0 Å². The van der Waals surface area contributed by atoms with E-state index >= 15 is 0 Å². The van der Waals surface area contributed by atoms with E-state index in [0.29, 0.717) is 12.4 Å². The van der Waals surface area contributed by atoms with E-state index in [2.05, 4.69) is 0 Å². The van der Waals surface area contributed by atoms with Crippen molar-refractivity contribution in [3.63, 3.8) is 0 Å². The van der Waals surface area contributed by atoms with Gasteiger partial charge in [0.1, 0.15) is 0 Å². The molecule has 0 bridgehead atoms. The molecule has 0 aliphatic carbocycles. The van der Waals surface area contributed by atoms with Gasteiger partial charge in [-0.25, -0.2) is 8.78 Å². The molecule has 0 aromatic rings. The van der Waals surface area contributed by atoms with E-state index in [9.17, 15) is 13.6 Å². The molecule has 5 heteroatoms. The highest BCUT2D eigenvalue weighted by Crippen LogP contribution is 2.08. The van der Waals surface area contributed by atoms with Gasteiger partial charge in [-0.1, -0.05) is 6.92 Å². The monoisotopic (exact) mass is 212 g/mol. The molecule has 0 aliphatic heterocycles. The second-order valence-corrected chi connectivity index (χ2v) is 3.56. The third-order valence-electron chi connectivity index (χ3n) is 1.17. The number of alkyl halides is 2. The Hall–Kier alpha value is -0.320. The van der Waals surface area contributed by atoms with Gasteiger partial charge in [0.25, 0.3) is 0 Å². The summed E-state index contributed by atoms with van der Waals surface area (Å²) in [5.41, 5.74) is 0. The maximum atomic E-state index is 11.6. The molecular formula is C8H14F2O2S. The number of thioether (sulfide) groups is 1. The number of esters is 1. The molecule has 0 aromatic heterocycles. The summed E-state index contributed by atoms with van der Waals surface area (Å²) in [5.74, 6) is 0.159. The van der Waals surface area contributed by atoms with Crippen LogP contribution in [0.3, 0.4) is 0 Å². The molecule has 0 heterocycles. The first kappa shape index (κ1) is 12.7. The lowest BCUT2D eigenvalue weighted by atomic mass is 10.5. The number of halogens is 2. The summed E-state index contributed by atoms with van der Waals surface area (Å²) in [6.07, 6.45) is -1.65. The van der Waals surface area contributed by atoms with Crippen molar-refractivity contribution < 1.29 is 18.3 Å². The van der Waals surface area contributed by atoms with Crippen LogP contribution in [0.4, 0.5) is 8.78 Å². The Bertz CT molecular complexity index is 142. The van der Waals surface area contributed by atoms with Crippen LogP contribution in [0, 0.1) is 0 Å². The molecule has 0 atom stereocenters. The molecular weight excluding hydrogens is 198 g/mol. The fourth-order valence-corrected chi connectivity index (χ4v) is 1.32. The number of hydrogen-bond donors (Lipinski definition) is 0. The molecule has 0 radical (unpaired) electrons. The molecule has 0 unspecified atom stereocenters. The number of hydrogen-bond acceptors (Lipinski definition) is 3. The lowest BCUT2D eigenvalue weighted by Gasteiger charge is -2.02. The predicted octanol–water partition coefficient (Wildman–Crippen LogP) is 2.33. The minimum Gasteiger partial charge on any atom is -0.465 e. The summed E-state index contributed by atoms with van der Waals surface area (Å²) in [6.45, 7) is 2.31. The summed E-state index contributed by atoms with van der Waals surface area (Å²) in [4.78, 5) is 10.8. The zero-order valence-electron chi connectivity index (χ0n) is 7.59. The van der Waals surface area contributed by atoms with Crippen LogP contribution in [-0.2, 0) is 9.53 Å². The highest BCUT2D eigenvalue weighted by Gasteiger charge is 2.05. The highest BCUT2D eigenvalue weighted by molar-refractivity contribution is 7.99. The lowest BCUT2D eigenvalue weighted by Crippen LogP contribution is -2.08. The van der Waals surface area contributed by atoms with Gasteiger partial charge in [0.15, 0.2) is 0 Å². The molecule has 0 saturated carbocycles. The largest absolute Gasteiger partial charge is 0.465 e. The van der Waals surface area contributed by atoms with Crippen LogP contribution in [0.1, 0.15) is 19.8 Å². The molecule has 0 amide bonds. The number of carbonyl (C=O) groups is 1. The van der Waals surface area contributed by atoms with E-state index in [0.717, 1.165) is 6.42 Å². The van der Waals surface area contributed by atoms with Crippen molar-refractivity contribution in [3.8, 4) is 0 Å². The van der Waals surface area contributed by atoms with Gasteiger partial charge in [-0.2, -0.15) is 0 Å².